The van der Waals surface area contributed by atoms with Gasteiger partial charge < -0.3 is 9.97 Å². The molecule has 0 saturated heterocycles. The molecule has 0 bridgehead atoms. The monoisotopic (exact) mass is 633 g/mol. The van der Waals surface area contributed by atoms with Crippen molar-refractivity contribution in [3.05, 3.63) is 109 Å². The van der Waals surface area contributed by atoms with Crippen molar-refractivity contribution in [3.63, 3.8) is 0 Å². The minimum Gasteiger partial charge on any atom is -0.305 e. The Kier molecular flexibility index (Phi) is 6.38. The van der Waals surface area contributed by atoms with Gasteiger partial charge in [0, 0.05) is 41.9 Å². The number of benzene rings is 4. The number of hydrogen-bond acceptors (Lipinski definition) is 3. The molecule has 0 fully saturated rings. The van der Waals surface area contributed by atoms with E-state index in [9.17, 15) is 0 Å². The van der Waals surface area contributed by atoms with E-state index in [1.807, 2.05) is 60.0 Å². The summed E-state index contributed by atoms with van der Waals surface area (Å²) in [6, 6.07) is 33.4. The predicted octanol–water partition coefficient (Wildman–Crippen LogP) is 8.10. The predicted molar refractivity (Wildman–Crippen MR) is 140 cm³/mol. The Hall–Kier alpha value is -3.17. The maximum atomic E-state index is 4.66. The van der Waals surface area contributed by atoms with Gasteiger partial charge in [0.05, 0.1) is 0 Å². The fourth-order valence-corrected chi connectivity index (χ4v) is 5.53. The number of aromatic nitrogens is 2. The molecular weight excluding hydrogens is 613 g/mol. The van der Waals surface area contributed by atoms with Gasteiger partial charge in [0.1, 0.15) is 0 Å². The summed E-state index contributed by atoms with van der Waals surface area (Å²) in [5.74, 6) is 0. The topological polar surface area (TPSA) is 25.8 Å². The molecule has 0 spiro atoms. The summed E-state index contributed by atoms with van der Waals surface area (Å²) in [5.41, 5.74) is 4.43. The summed E-state index contributed by atoms with van der Waals surface area (Å²) in [6.07, 6.45) is 4.74. The Morgan fingerprint density at radius 1 is 0.794 bits per heavy atom. The molecule has 0 aliphatic rings. The van der Waals surface area contributed by atoms with Gasteiger partial charge in [-0.1, -0.05) is 48.4 Å². The summed E-state index contributed by atoms with van der Waals surface area (Å²) in [4.78, 5) is 8.88. The molecule has 7 aromatic rings. The van der Waals surface area contributed by atoms with Gasteiger partial charge in [-0.2, -0.15) is 0 Å². The van der Waals surface area contributed by atoms with Gasteiger partial charge in [-0.15, -0.1) is 76.4 Å². The molecule has 34 heavy (non-hydrogen) atoms. The molecule has 4 aromatic carbocycles. The standard InChI is InChI=1S/C19H12NS.C11H8N.Ir/c1-2-11-6-7-13-14(10-11)12-4-3-5-15-17(12)18-16(21-15)8-9-20-19(13)18;1-2-6-10(7-3-1)11-8-4-5-9-12-11;/h3-6,8-10H,2H2,1H3;1-6,8-9H;/q2*-1;. The van der Waals surface area contributed by atoms with E-state index in [1.165, 1.54) is 36.5 Å². The maximum Gasteiger partial charge on any atom is 0.0345 e. The molecule has 0 unspecified atom stereocenters. The van der Waals surface area contributed by atoms with E-state index in [0.717, 1.165) is 28.6 Å². The Balaban J connectivity index is 0.000000159. The van der Waals surface area contributed by atoms with Gasteiger partial charge in [0.25, 0.3) is 0 Å². The van der Waals surface area contributed by atoms with E-state index < -0.39 is 0 Å². The second-order valence-corrected chi connectivity index (χ2v) is 9.04. The van der Waals surface area contributed by atoms with E-state index in [2.05, 4.69) is 65.4 Å². The smallest absolute Gasteiger partial charge is 0.0345 e. The summed E-state index contributed by atoms with van der Waals surface area (Å²) >= 11 is 1.86. The van der Waals surface area contributed by atoms with Crippen LogP contribution >= 0.6 is 11.3 Å². The number of rotatable bonds is 2. The van der Waals surface area contributed by atoms with E-state index in [-0.39, 0.29) is 20.1 Å². The second-order valence-electron chi connectivity index (χ2n) is 7.95. The maximum absolute atomic E-state index is 4.66. The van der Waals surface area contributed by atoms with Crippen molar-refractivity contribution < 1.29 is 20.1 Å². The van der Waals surface area contributed by atoms with Crippen LogP contribution in [0.1, 0.15) is 12.5 Å². The Labute approximate surface area is 216 Å². The third kappa shape index (κ3) is 3.88. The molecule has 0 aliphatic carbocycles. The zero-order chi connectivity index (χ0) is 22.2. The van der Waals surface area contributed by atoms with E-state index in [0.29, 0.717) is 0 Å². The zero-order valence-corrected chi connectivity index (χ0v) is 21.7. The van der Waals surface area contributed by atoms with Gasteiger partial charge in [-0.05, 0) is 40.2 Å². The average Bonchev–Trinajstić information content (AvgIpc) is 3.29. The first kappa shape index (κ1) is 22.6. The van der Waals surface area contributed by atoms with Crippen LogP contribution in [-0.4, -0.2) is 9.97 Å². The van der Waals surface area contributed by atoms with Crippen LogP contribution in [-0.2, 0) is 26.5 Å². The Bertz CT molecular complexity index is 1650. The largest absolute Gasteiger partial charge is 0.305 e. The van der Waals surface area contributed by atoms with Crippen LogP contribution in [0.5, 0.6) is 0 Å². The third-order valence-electron chi connectivity index (χ3n) is 5.99. The second kappa shape index (κ2) is 9.60. The summed E-state index contributed by atoms with van der Waals surface area (Å²) in [5, 5.41) is 6.44. The fraction of sp³-hybridized carbons (Fsp3) is 0.0667. The van der Waals surface area contributed by atoms with Crippen molar-refractivity contribution in [1.29, 1.82) is 0 Å². The van der Waals surface area contributed by atoms with Crippen LogP contribution in [0.2, 0.25) is 0 Å². The Morgan fingerprint density at radius 3 is 2.47 bits per heavy atom. The van der Waals surface area contributed by atoms with Crippen molar-refractivity contribution in [2.24, 2.45) is 0 Å². The number of fused-ring (bicyclic) bond motifs is 3. The van der Waals surface area contributed by atoms with Gasteiger partial charge in [0.2, 0.25) is 0 Å². The number of thiophene rings is 1. The molecule has 7 rings (SSSR count). The van der Waals surface area contributed by atoms with E-state index >= 15 is 0 Å². The van der Waals surface area contributed by atoms with Gasteiger partial charge in [-0.3, -0.25) is 0 Å². The van der Waals surface area contributed by atoms with Crippen LogP contribution in [0.4, 0.5) is 0 Å². The molecule has 3 aromatic heterocycles. The molecule has 0 atom stereocenters. The van der Waals surface area contributed by atoms with E-state index in [1.54, 1.807) is 6.20 Å². The minimum atomic E-state index is 0. The number of pyridine rings is 2. The van der Waals surface area contributed by atoms with Gasteiger partial charge in [-0.25, -0.2) is 0 Å². The van der Waals surface area contributed by atoms with Gasteiger partial charge in [0.15, 0.2) is 0 Å². The SMILES string of the molecule is CCc1c[c-]c2c(c1)c1cccc3sc4ccnc2c4c31.[Ir].[c-]1ccccc1-c1ccccn1. The first-order chi connectivity index (χ1) is 16.3. The number of hydrogen-bond donors (Lipinski definition) is 0. The quantitative estimate of drug-likeness (QED) is 0.142. The summed E-state index contributed by atoms with van der Waals surface area (Å²) in [6.45, 7) is 2.19. The Morgan fingerprint density at radius 2 is 1.68 bits per heavy atom. The molecule has 3 heterocycles. The molecule has 0 amide bonds. The van der Waals surface area contributed by atoms with Crippen LogP contribution < -0.4 is 0 Å². The molecule has 0 aliphatic heterocycles. The fourth-order valence-electron chi connectivity index (χ4n) is 4.41. The van der Waals surface area contributed by atoms with Crippen LogP contribution in [0.15, 0.2) is 91.3 Å². The molecule has 0 N–H and O–H groups in total. The van der Waals surface area contributed by atoms with Crippen molar-refractivity contribution in [2.75, 3.05) is 0 Å². The molecular formula is C30H20IrN2S-2. The van der Waals surface area contributed by atoms with Crippen LogP contribution in [0.3, 0.4) is 0 Å². The summed E-state index contributed by atoms with van der Waals surface area (Å²) < 4.78 is 2.67. The zero-order valence-electron chi connectivity index (χ0n) is 18.5. The average molecular weight is 633 g/mol. The third-order valence-corrected chi connectivity index (χ3v) is 7.12. The first-order valence-corrected chi connectivity index (χ1v) is 11.9. The van der Waals surface area contributed by atoms with Crippen molar-refractivity contribution >= 4 is 53.2 Å². The number of nitrogens with zero attached hydrogens (tertiary/aromatic N) is 2. The summed E-state index contributed by atoms with van der Waals surface area (Å²) in [7, 11) is 0. The number of aryl methyl sites for hydroxylation is 1. The van der Waals surface area contributed by atoms with E-state index in [4.69, 9.17) is 0 Å². The normalized spacial score (nSPS) is 11.0. The minimum absolute atomic E-state index is 0. The van der Waals surface area contributed by atoms with Crippen LogP contribution in [0, 0.1) is 12.1 Å². The van der Waals surface area contributed by atoms with Crippen LogP contribution in [0.25, 0.3) is 53.1 Å². The van der Waals surface area contributed by atoms with Crippen molar-refractivity contribution in [1.82, 2.24) is 9.97 Å². The first-order valence-electron chi connectivity index (χ1n) is 11.1. The van der Waals surface area contributed by atoms with Gasteiger partial charge >= 0.3 is 0 Å². The molecule has 167 valence electrons. The molecule has 0 saturated carbocycles. The molecule has 2 nitrogen and oxygen atoms in total. The molecule has 4 heteroatoms. The molecule has 1 radical (unpaired) electrons. The van der Waals surface area contributed by atoms with Crippen molar-refractivity contribution in [3.8, 4) is 11.3 Å². The van der Waals surface area contributed by atoms with Crippen molar-refractivity contribution in [2.45, 2.75) is 13.3 Å².